The molecular weight excluding hydrogens is 696 g/mol. The normalized spacial score (nSPS) is 9.84. The van der Waals surface area contributed by atoms with Crippen molar-refractivity contribution in [2.75, 3.05) is 19.8 Å². The van der Waals surface area contributed by atoms with Crippen molar-refractivity contribution < 1.29 is 49.4 Å². The maximum Gasteiger partial charge on any atom is 0.340 e. The summed E-state index contributed by atoms with van der Waals surface area (Å²) in [7, 11) is 0. The molecule has 1 rings (SSSR count). The van der Waals surface area contributed by atoms with E-state index in [0.29, 0.717) is 25.6 Å². The van der Waals surface area contributed by atoms with E-state index in [1.807, 2.05) is 6.92 Å². The predicted molar refractivity (Wildman–Crippen MR) is 128 cm³/mol. The van der Waals surface area contributed by atoms with E-state index in [1.54, 1.807) is 0 Å². The molecule has 32 heavy (non-hydrogen) atoms. The molecule has 180 valence electrons. The number of aliphatic hydroxyl groups is 2. The molecule has 5 N–H and O–H groups in total. The number of carboxylic acids is 3. The van der Waals surface area contributed by atoms with Gasteiger partial charge in [-0.1, -0.05) is 13.3 Å². The largest absolute Gasteiger partial charge is 0.478 e. The lowest BCUT2D eigenvalue weighted by Crippen LogP contribution is -2.15. The van der Waals surface area contributed by atoms with Crippen molar-refractivity contribution in [2.24, 2.45) is 0 Å². The summed E-state index contributed by atoms with van der Waals surface area (Å²) in [5.74, 6) is -4.40. The molecule has 0 amide bonds. The molecule has 0 spiro atoms. The number of aliphatic carboxylic acids is 2. The molecule has 14 heteroatoms. The number of halogens is 4. The van der Waals surface area contributed by atoms with Crippen LogP contribution in [0.3, 0.4) is 0 Å². The average Bonchev–Trinajstić information content (AvgIpc) is 2.73. The molecule has 0 aliphatic rings. The Kier molecular flexibility index (Phi) is 18.6. The molecule has 0 aromatic heterocycles. The van der Waals surface area contributed by atoms with E-state index >= 15 is 0 Å². The summed E-state index contributed by atoms with van der Waals surface area (Å²) in [5, 5.41) is 40.2. The zero-order valence-corrected chi connectivity index (χ0v) is 22.8. The van der Waals surface area contributed by atoms with Gasteiger partial charge in [0.1, 0.15) is 0 Å². The molecule has 0 radical (unpaired) electrons. The highest BCUT2D eigenvalue weighted by atomic mass is 79.9. The molecule has 0 heterocycles. The minimum absolute atomic E-state index is 0.0180. The first-order chi connectivity index (χ1) is 14.9. The maximum atomic E-state index is 12.1. The minimum Gasteiger partial charge on any atom is -0.478 e. The number of aromatic carboxylic acids is 1. The summed E-state index contributed by atoms with van der Waals surface area (Å²) in [6, 6.07) is 0. The Labute approximate surface area is 216 Å². The third-order valence-corrected chi connectivity index (χ3v) is 7.65. The zero-order chi connectivity index (χ0) is 25.4. The van der Waals surface area contributed by atoms with Crippen LogP contribution in [0.1, 0.15) is 40.5 Å². The Hall–Kier alpha value is -1.32. The van der Waals surface area contributed by atoms with E-state index < -0.39 is 23.9 Å². The van der Waals surface area contributed by atoms with Gasteiger partial charge >= 0.3 is 23.9 Å². The van der Waals surface area contributed by atoms with Gasteiger partial charge in [0.05, 0.1) is 30.9 Å². The quantitative estimate of drug-likeness (QED) is 0.0867. The standard InChI is InChI=1S/C12H10Br4O4.C4H4O4.C2H6O2/c1-2-3-4-20-12(19)6-5(11(17)18)7(13)9(15)10(16)8(6)14;5-3(6)1-2-4(7)8;3-1-2-4/h2-4H2,1H3,(H,17,18);1-2H,(H,5,6)(H,7,8);3-4H,1-2H2. The van der Waals surface area contributed by atoms with Crippen LogP contribution in [-0.2, 0) is 14.3 Å². The van der Waals surface area contributed by atoms with E-state index in [-0.39, 0.29) is 35.4 Å². The van der Waals surface area contributed by atoms with E-state index in [1.165, 1.54) is 0 Å². The Morgan fingerprint density at radius 2 is 1.19 bits per heavy atom. The molecule has 10 nitrogen and oxygen atoms in total. The first-order valence-corrected chi connectivity index (χ1v) is 11.7. The van der Waals surface area contributed by atoms with Gasteiger partial charge in [-0.2, -0.15) is 0 Å². The van der Waals surface area contributed by atoms with E-state index in [0.717, 1.165) is 12.8 Å². The third-order valence-electron chi connectivity index (χ3n) is 2.88. The minimum atomic E-state index is -1.26. The number of hydrogen-bond acceptors (Lipinski definition) is 7. The van der Waals surface area contributed by atoms with Crippen LogP contribution < -0.4 is 0 Å². The van der Waals surface area contributed by atoms with Crippen molar-refractivity contribution >= 4 is 87.6 Å². The molecule has 0 aliphatic heterocycles. The smallest absolute Gasteiger partial charge is 0.340 e. The van der Waals surface area contributed by atoms with Crippen LogP contribution in [0.2, 0.25) is 0 Å². The number of carbonyl (C=O) groups excluding carboxylic acids is 1. The fourth-order valence-corrected chi connectivity index (χ4v) is 4.00. The third kappa shape index (κ3) is 12.6. The number of esters is 1. The fraction of sp³-hybridized carbons (Fsp3) is 0.333. The van der Waals surface area contributed by atoms with Crippen LogP contribution in [0, 0.1) is 0 Å². The summed E-state index contributed by atoms with van der Waals surface area (Å²) in [6.07, 6.45) is 2.73. The van der Waals surface area contributed by atoms with Gasteiger partial charge in [0.2, 0.25) is 0 Å². The van der Waals surface area contributed by atoms with Crippen LogP contribution in [-0.4, -0.2) is 69.2 Å². The second-order valence-electron chi connectivity index (χ2n) is 5.26. The van der Waals surface area contributed by atoms with Gasteiger partial charge in [0.15, 0.2) is 0 Å². The molecule has 0 fully saturated rings. The molecule has 1 aromatic rings. The van der Waals surface area contributed by atoms with Crippen molar-refractivity contribution in [3.05, 3.63) is 41.2 Å². The highest BCUT2D eigenvalue weighted by Crippen LogP contribution is 2.42. The van der Waals surface area contributed by atoms with Gasteiger partial charge in [0.25, 0.3) is 0 Å². The molecule has 0 saturated heterocycles. The number of unbranched alkanes of at least 4 members (excludes halogenated alkanes) is 1. The lowest BCUT2D eigenvalue weighted by Gasteiger charge is -2.14. The zero-order valence-electron chi connectivity index (χ0n) is 16.5. The number of benzene rings is 1. The lowest BCUT2D eigenvalue weighted by molar-refractivity contribution is -0.134. The molecule has 0 bridgehead atoms. The van der Waals surface area contributed by atoms with Gasteiger partial charge in [-0.25, -0.2) is 19.2 Å². The molecule has 0 saturated carbocycles. The van der Waals surface area contributed by atoms with Gasteiger partial charge in [0, 0.05) is 30.0 Å². The Bertz CT molecular complexity index is 822. The Morgan fingerprint density at radius 3 is 1.50 bits per heavy atom. The van der Waals surface area contributed by atoms with Crippen LogP contribution >= 0.6 is 63.7 Å². The van der Waals surface area contributed by atoms with Crippen LogP contribution in [0.15, 0.2) is 30.0 Å². The Balaban J connectivity index is 0. The van der Waals surface area contributed by atoms with Crippen LogP contribution in [0.5, 0.6) is 0 Å². The first-order valence-electron chi connectivity index (χ1n) is 8.49. The lowest BCUT2D eigenvalue weighted by atomic mass is 10.1. The van der Waals surface area contributed by atoms with Gasteiger partial charge in [-0.05, 0) is 70.1 Å². The number of carboxylic acid groups (broad SMARTS) is 3. The SMILES string of the molecule is CCCCOC(=O)c1c(Br)c(Br)c(Br)c(Br)c1C(=O)O.O=C(O)C=CC(=O)O.OCCO. The molecular formula is C18H20Br4O10. The number of carbonyl (C=O) groups is 4. The highest BCUT2D eigenvalue weighted by molar-refractivity contribution is 9.15. The maximum absolute atomic E-state index is 12.1. The second-order valence-corrected chi connectivity index (χ2v) is 8.43. The highest BCUT2D eigenvalue weighted by Gasteiger charge is 2.28. The second kappa shape index (κ2) is 18.1. The number of ether oxygens (including phenoxy) is 1. The van der Waals surface area contributed by atoms with E-state index in [2.05, 4.69) is 63.7 Å². The van der Waals surface area contributed by atoms with Gasteiger partial charge < -0.3 is 30.3 Å². The summed E-state index contributed by atoms with van der Waals surface area (Å²) >= 11 is 13.0. The molecule has 0 aliphatic carbocycles. The topological polar surface area (TPSA) is 179 Å². The molecule has 0 unspecified atom stereocenters. The number of rotatable bonds is 8. The van der Waals surface area contributed by atoms with Crippen molar-refractivity contribution in [3.63, 3.8) is 0 Å². The van der Waals surface area contributed by atoms with Crippen molar-refractivity contribution in [3.8, 4) is 0 Å². The Morgan fingerprint density at radius 1 is 0.781 bits per heavy atom. The van der Waals surface area contributed by atoms with Crippen molar-refractivity contribution in [2.45, 2.75) is 19.8 Å². The first kappa shape index (κ1) is 32.9. The molecule has 1 aromatic carbocycles. The summed E-state index contributed by atoms with van der Waals surface area (Å²) in [5.41, 5.74) is -0.163. The van der Waals surface area contributed by atoms with Crippen molar-refractivity contribution in [1.82, 2.24) is 0 Å². The number of aliphatic hydroxyl groups excluding tert-OH is 2. The van der Waals surface area contributed by atoms with Gasteiger partial charge in [-0.15, -0.1) is 0 Å². The van der Waals surface area contributed by atoms with Crippen molar-refractivity contribution in [1.29, 1.82) is 0 Å². The molecule has 0 atom stereocenters. The van der Waals surface area contributed by atoms with Gasteiger partial charge in [-0.3, -0.25) is 0 Å². The monoisotopic (exact) mass is 712 g/mol. The van der Waals surface area contributed by atoms with Crippen LogP contribution in [0.25, 0.3) is 0 Å². The summed E-state index contributed by atoms with van der Waals surface area (Å²) in [6.45, 7) is 1.98. The van der Waals surface area contributed by atoms with Crippen LogP contribution in [0.4, 0.5) is 0 Å². The predicted octanol–water partition coefficient (Wildman–Crippen LogP) is 4.07. The number of hydrogen-bond donors (Lipinski definition) is 5. The summed E-state index contributed by atoms with van der Waals surface area (Å²) in [4.78, 5) is 42.6. The van der Waals surface area contributed by atoms with E-state index in [9.17, 15) is 24.3 Å². The summed E-state index contributed by atoms with van der Waals surface area (Å²) < 4.78 is 6.77. The van der Waals surface area contributed by atoms with E-state index in [4.69, 9.17) is 25.2 Å². The average molecular weight is 716 g/mol. The fourth-order valence-electron chi connectivity index (χ4n) is 1.55.